The first-order valence-electron chi connectivity index (χ1n) is 7.66. The lowest BCUT2D eigenvalue weighted by Gasteiger charge is -2.40. The second-order valence-corrected chi connectivity index (χ2v) is 5.75. The van der Waals surface area contributed by atoms with E-state index < -0.39 is 11.6 Å². The Labute approximate surface area is 125 Å². The van der Waals surface area contributed by atoms with E-state index >= 15 is 0 Å². The number of benzene rings is 1. The lowest BCUT2D eigenvalue weighted by atomic mass is 9.98. The molecule has 0 amide bonds. The Bertz CT molecular complexity index is 459. The molecule has 1 saturated heterocycles. The Morgan fingerprint density at radius 3 is 2.52 bits per heavy atom. The van der Waals surface area contributed by atoms with E-state index in [1.807, 2.05) is 7.05 Å². The third kappa shape index (κ3) is 3.78. The molecule has 0 aromatic heterocycles. The number of likely N-dealkylation sites (tertiary alicyclic amines) is 1. The van der Waals surface area contributed by atoms with Crippen LogP contribution in [0.25, 0.3) is 0 Å². The summed E-state index contributed by atoms with van der Waals surface area (Å²) in [5.74, 6) is -1.06. The van der Waals surface area contributed by atoms with E-state index in [1.54, 1.807) is 0 Å². The fourth-order valence-corrected chi connectivity index (χ4v) is 3.18. The molecule has 0 saturated carbocycles. The molecule has 1 heterocycles. The van der Waals surface area contributed by atoms with Gasteiger partial charge in [0.1, 0.15) is 11.6 Å². The topological polar surface area (TPSA) is 32.5 Å². The summed E-state index contributed by atoms with van der Waals surface area (Å²) in [6, 6.07) is 3.94. The van der Waals surface area contributed by atoms with Gasteiger partial charge in [0.25, 0.3) is 0 Å². The Morgan fingerprint density at radius 1 is 1.33 bits per heavy atom. The molecule has 0 bridgehead atoms. The van der Waals surface area contributed by atoms with Gasteiger partial charge in [0.05, 0.1) is 0 Å². The number of halogens is 2. The monoisotopic (exact) mass is 297 g/mol. The fourth-order valence-electron chi connectivity index (χ4n) is 3.18. The molecule has 1 aromatic carbocycles. The third-order valence-electron chi connectivity index (χ3n) is 4.62. The van der Waals surface area contributed by atoms with Gasteiger partial charge in [0.2, 0.25) is 0 Å². The number of rotatable bonds is 5. The molecule has 0 aliphatic carbocycles. The van der Waals surface area contributed by atoms with Gasteiger partial charge >= 0.3 is 0 Å². The van der Waals surface area contributed by atoms with Crippen molar-refractivity contribution in [1.82, 2.24) is 9.80 Å². The van der Waals surface area contributed by atoms with Gasteiger partial charge in [-0.05, 0) is 45.6 Å². The fraction of sp³-hybridized carbons (Fsp3) is 0.625. The number of hydrogen-bond acceptors (Lipinski definition) is 3. The molecule has 5 heteroatoms. The highest BCUT2D eigenvalue weighted by Crippen LogP contribution is 2.27. The van der Waals surface area contributed by atoms with Gasteiger partial charge in [-0.15, -0.1) is 0 Å². The van der Waals surface area contributed by atoms with E-state index in [9.17, 15) is 8.78 Å². The van der Waals surface area contributed by atoms with Gasteiger partial charge < -0.3 is 10.6 Å². The quantitative estimate of drug-likeness (QED) is 0.906. The van der Waals surface area contributed by atoms with Crippen LogP contribution < -0.4 is 5.73 Å². The first-order chi connectivity index (χ1) is 10.1. The molecule has 1 aliphatic rings. The number of hydrogen-bond donors (Lipinski definition) is 1. The summed E-state index contributed by atoms with van der Waals surface area (Å²) in [6.07, 6.45) is 2.12. The van der Waals surface area contributed by atoms with Crippen molar-refractivity contribution in [3.63, 3.8) is 0 Å². The Hall–Kier alpha value is -1.04. The van der Waals surface area contributed by atoms with Gasteiger partial charge in [-0.3, -0.25) is 4.90 Å². The van der Waals surface area contributed by atoms with E-state index in [1.165, 1.54) is 12.1 Å². The second kappa shape index (κ2) is 7.29. The van der Waals surface area contributed by atoms with Crippen molar-refractivity contribution in [3.05, 3.63) is 35.4 Å². The molecule has 1 fully saturated rings. The summed E-state index contributed by atoms with van der Waals surface area (Å²) in [6.45, 7) is 5.69. The average molecular weight is 297 g/mol. The minimum absolute atomic E-state index is 0.205. The van der Waals surface area contributed by atoms with Crippen molar-refractivity contribution in [3.8, 4) is 0 Å². The highest BCUT2D eigenvalue weighted by molar-refractivity contribution is 5.22. The van der Waals surface area contributed by atoms with Crippen LogP contribution in [-0.2, 0) is 0 Å². The zero-order valence-electron chi connectivity index (χ0n) is 12.9. The maximum Gasteiger partial charge on any atom is 0.130 e. The zero-order valence-corrected chi connectivity index (χ0v) is 12.9. The van der Waals surface area contributed by atoms with Crippen LogP contribution in [0.2, 0.25) is 0 Å². The Morgan fingerprint density at radius 2 is 2.00 bits per heavy atom. The summed E-state index contributed by atoms with van der Waals surface area (Å²) in [7, 11) is 1.99. The van der Waals surface area contributed by atoms with Crippen molar-refractivity contribution in [2.24, 2.45) is 5.73 Å². The summed E-state index contributed by atoms with van der Waals surface area (Å²) in [5.41, 5.74) is 6.35. The van der Waals surface area contributed by atoms with Gasteiger partial charge in [-0.2, -0.15) is 0 Å². The standard InChI is InChI=1S/C16H25F2N3/c1-3-21-8-6-13(7-9-21)20(2)16(11-19)14-5-4-12(17)10-15(14)18/h4-5,10,13,16H,3,6-9,11,19H2,1-2H3. The molecule has 2 N–H and O–H groups in total. The maximum atomic E-state index is 14.0. The smallest absolute Gasteiger partial charge is 0.130 e. The van der Waals surface area contributed by atoms with Crippen LogP contribution in [-0.4, -0.2) is 49.1 Å². The second-order valence-electron chi connectivity index (χ2n) is 5.75. The van der Waals surface area contributed by atoms with Crippen molar-refractivity contribution in [1.29, 1.82) is 0 Å². The summed E-state index contributed by atoms with van der Waals surface area (Å²) in [5, 5.41) is 0. The summed E-state index contributed by atoms with van der Waals surface area (Å²) in [4.78, 5) is 4.57. The van der Waals surface area contributed by atoms with Gasteiger partial charge in [0, 0.05) is 30.3 Å². The van der Waals surface area contributed by atoms with Crippen LogP contribution in [0.1, 0.15) is 31.4 Å². The lowest BCUT2D eigenvalue weighted by Crippen LogP contribution is -2.46. The van der Waals surface area contributed by atoms with Gasteiger partial charge in [-0.25, -0.2) is 8.78 Å². The average Bonchev–Trinajstić information content (AvgIpc) is 2.50. The minimum atomic E-state index is -0.550. The van der Waals surface area contributed by atoms with E-state index in [0.29, 0.717) is 18.2 Å². The molecule has 21 heavy (non-hydrogen) atoms. The van der Waals surface area contributed by atoms with Crippen molar-refractivity contribution < 1.29 is 8.78 Å². The van der Waals surface area contributed by atoms with Crippen LogP contribution in [0.5, 0.6) is 0 Å². The van der Waals surface area contributed by atoms with E-state index in [-0.39, 0.29) is 6.04 Å². The maximum absolute atomic E-state index is 14.0. The molecule has 1 atom stereocenters. The van der Waals surface area contributed by atoms with Crippen LogP contribution in [0.15, 0.2) is 18.2 Å². The normalized spacial score (nSPS) is 19.1. The predicted octanol–water partition coefficient (Wildman–Crippen LogP) is 2.38. The van der Waals surface area contributed by atoms with Crippen LogP contribution in [0.4, 0.5) is 8.78 Å². The van der Waals surface area contributed by atoms with Crippen LogP contribution in [0, 0.1) is 11.6 Å². The van der Waals surface area contributed by atoms with Crippen LogP contribution >= 0.6 is 0 Å². The van der Waals surface area contributed by atoms with Crippen molar-refractivity contribution in [2.45, 2.75) is 31.8 Å². The number of likely N-dealkylation sites (N-methyl/N-ethyl adjacent to an activating group) is 1. The largest absolute Gasteiger partial charge is 0.329 e. The SMILES string of the molecule is CCN1CCC(N(C)C(CN)c2ccc(F)cc2F)CC1. The lowest BCUT2D eigenvalue weighted by molar-refractivity contribution is 0.0994. The van der Waals surface area contributed by atoms with Crippen LogP contribution in [0.3, 0.4) is 0 Å². The highest BCUT2D eigenvalue weighted by atomic mass is 19.1. The van der Waals surface area contributed by atoms with Crippen molar-refractivity contribution in [2.75, 3.05) is 33.2 Å². The molecule has 1 unspecified atom stereocenters. The first-order valence-corrected chi connectivity index (χ1v) is 7.66. The molecule has 1 aromatic rings. The molecule has 3 nitrogen and oxygen atoms in total. The zero-order chi connectivity index (χ0) is 15.4. The van der Waals surface area contributed by atoms with Crippen molar-refractivity contribution >= 4 is 0 Å². The molecule has 0 radical (unpaired) electrons. The minimum Gasteiger partial charge on any atom is -0.329 e. The Kier molecular flexibility index (Phi) is 5.67. The number of nitrogens with two attached hydrogens (primary N) is 1. The van der Waals surface area contributed by atoms with Gasteiger partial charge in [-0.1, -0.05) is 13.0 Å². The molecular weight excluding hydrogens is 272 g/mol. The summed E-state index contributed by atoms with van der Waals surface area (Å²) >= 11 is 0. The van der Waals surface area contributed by atoms with E-state index in [4.69, 9.17) is 5.73 Å². The van der Waals surface area contributed by atoms with Gasteiger partial charge in [0.15, 0.2) is 0 Å². The van der Waals surface area contributed by atoms with E-state index in [0.717, 1.165) is 38.5 Å². The number of nitrogens with zero attached hydrogens (tertiary/aromatic N) is 2. The number of piperidine rings is 1. The third-order valence-corrected chi connectivity index (χ3v) is 4.62. The molecule has 0 spiro atoms. The first kappa shape index (κ1) is 16.3. The molecular formula is C16H25F2N3. The predicted molar refractivity (Wildman–Crippen MR) is 81.1 cm³/mol. The molecule has 118 valence electrons. The van der Waals surface area contributed by atoms with E-state index in [2.05, 4.69) is 16.7 Å². The highest BCUT2D eigenvalue weighted by Gasteiger charge is 2.28. The molecule has 2 rings (SSSR count). The Balaban J connectivity index is 2.10. The summed E-state index contributed by atoms with van der Waals surface area (Å²) < 4.78 is 27.1. The molecule has 1 aliphatic heterocycles.